The molecule has 0 aliphatic carbocycles. The van der Waals surface area contributed by atoms with E-state index in [0.29, 0.717) is 23.1 Å². The lowest BCUT2D eigenvalue weighted by molar-refractivity contribution is 0.112. The number of aldehydes is 1. The molecule has 2 heterocycles. The molecule has 0 fully saturated rings. The average molecular weight is 531 g/mol. The van der Waals surface area contributed by atoms with Crippen LogP contribution in [0.15, 0.2) is 35.3 Å². The summed E-state index contributed by atoms with van der Waals surface area (Å²) >= 11 is 0. The maximum absolute atomic E-state index is 14.0. The number of carbonyl (C=O) groups is 1. The Morgan fingerprint density at radius 2 is 1.79 bits per heavy atom. The first-order valence-electron chi connectivity index (χ1n) is 11.8. The Morgan fingerprint density at radius 3 is 2.47 bits per heavy atom. The molecule has 38 heavy (non-hydrogen) atoms. The molecule has 12 heteroatoms. The number of aromatic nitrogens is 3. The monoisotopic (exact) mass is 530 g/mol. The lowest BCUT2D eigenvalue weighted by Crippen LogP contribution is -2.26. The van der Waals surface area contributed by atoms with Crippen molar-refractivity contribution in [2.45, 2.75) is 13.0 Å². The van der Waals surface area contributed by atoms with Crippen LogP contribution in [0.4, 0.5) is 23.2 Å². The molecular weight excluding hydrogens is 504 g/mol. The van der Waals surface area contributed by atoms with Gasteiger partial charge in [-0.3, -0.25) is 9.59 Å². The number of hydrogen-bond acceptors (Lipinski definition) is 6. The van der Waals surface area contributed by atoms with E-state index in [4.69, 9.17) is 0 Å². The standard InChI is InChI=1S/C26H26F4N6O2/c1-36(2)8-7-31-12-14-9-20-21(10-15(14)13-37)35-25(34-20)22-19(4-6-33-26(22)38)32-5-3-16-23(29)17(27)11-18(28)24(16)30/h4,6,9-11,13,31H,3,5,7-8,12H2,1-2H3,(H,34,35)(H2,32,33,38). The van der Waals surface area contributed by atoms with Gasteiger partial charge in [0.05, 0.1) is 16.7 Å². The summed E-state index contributed by atoms with van der Waals surface area (Å²) in [4.78, 5) is 36.6. The summed E-state index contributed by atoms with van der Waals surface area (Å²) in [5.41, 5.74) is 1.45. The molecule has 0 spiro atoms. The van der Waals surface area contributed by atoms with E-state index in [-0.39, 0.29) is 36.1 Å². The van der Waals surface area contributed by atoms with Gasteiger partial charge in [-0.1, -0.05) is 0 Å². The summed E-state index contributed by atoms with van der Waals surface area (Å²) in [6, 6.07) is 5.09. The predicted molar refractivity (Wildman–Crippen MR) is 136 cm³/mol. The molecule has 2 aromatic carbocycles. The van der Waals surface area contributed by atoms with Crippen molar-refractivity contribution in [2.24, 2.45) is 0 Å². The number of rotatable bonds is 11. The van der Waals surface area contributed by atoms with Gasteiger partial charge in [0.2, 0.25) is 0 Å². The smallest absolute Gasteiger partial charge is 0.261 e. The van der Waals surface area contributed by atoms with Crippen molar-refractivity contribution in [1.29, 1.82) is 0 Å². The maximum Gasteiger partial charge on any atom is 0.261 e. The van der Waals surface area contributed by atoms with Crippen LogP contribution in [0.1, 0.15) is 21.5 Å². The average Bonchev–Trinajstić information content (AvgIpc) is 3.29. The highest BCUT2D eigenvalue weighted by Crippen LogP contribution is 2.26. The van der Waals surface area contributed by atoms with Gasteiger partial charge in [-0.2, -0.15) is 0 Å². The normalized spacial score (nSPS) is 11.4. The van der Waals surface area contributed by atoms with Crippen LogP contribution in [-0.2, 0) is 13.0 Å². The van der Waals surface area contributed by atoms with Crippen LogP contribution in [0.2, 0.25) is 0 Å². The van der Waals surface area contributed by atoms with Crippen LogP contribution in [0.25, 0.3) is 22.4 Å². The lowest BCUT2D eigenvalue weighted by Gasteiger charge is -2.11. The van der Waals surface area contributed by atoms with Crippen molar-refractivity contribution < 1.29 is 22.4 Å². The molecule has 4 N–H and O–H groups in total. The molecule has 0 aliphatic heterocycles. The van der Waals surface area contributed by atoms with Crippen LogP contribution >= 0.6 is 0 Å². The number of H-pyrrole nitrogens is 2. The van der Waals surface area contributed by atoms with E-state index in [9.17, 15) is 27.2 Å². The highest BCUT2D eigenvalue weighted by atomic mass is 19.2. The first kappa shape index (κ1) is 27.0. The van der Waals surface area contributed by atoms with E-state index in [1.165, 1.54) is 12.3 Å². The van der Waals surface area contributed by atoms with Crippen molar-refractivity contribution in [1.82, 2.24) is 25.2 Å². The van der Waals surface area contributed by atoms with E-state index in [2.05, 4.69) is 25.6 Å². The topological polar surface area (TPSA) is 106 Å². The van der Waals surface area contributed by atoms with Crippen LogP contribution in [0.5, 0.6) is 0 Å². The SMILES string of the molecule is CN(C)CCNCc1cc2[nH]c(-c3c(NCCc4c(F)c(F)cc(F)c4F)cc[nH]c3=O)nc2cc1C=O. The second-order valence-electron chi connectivity index (χ2n) is 8.97. The van der Waals surface area contributed by atoms with Crippen LogP contribution < -0.4 is 16.2 Å². The van der Waals surface area contributed by atoms with Gasteiger partial charge < -0.3 is 25.5 Å². The number of fused-ring (bicyclic) bond motifs is 1. The Balaban J connectivity index is 1.59. The molecule has 4 rings (SSSR count). The van der Waals surface area contributed by atoms with Gasteiger partial charge in [-0.25, -0.2) is 22.5 Å². The number of hydrogen-bond donors (Lipinski definition) is 4. The zero-order chi connectivity index (χ0) is 27.4. The number of likely N-dealkylation sites (N-methyl/N-ethyl adjacent to an activating group) is 1. The third kappa shape index (κ3) is 5.76. The third-order valence-corrected chi connectivity index (χ3v) is 6.01. The molecule has 0 amide bonds. The predicted octanol–water partition coefficient (Wildman–Crippen LogP) is 3.59. The number of carbonyl (C=O) groups excluding carboxylic acids is 1. The summed E-state index contributed by atoms with van der Waals surface area (Å²) in [7, 11) is 3.92. The number of anilines is 1. The Morgan fingerprint density at radius 1 is 1.05 bits per heavy atom. The van der Waals surface area contributed by atoms with Gasteiger partial charge in [0.1, 0.15) is 17.7 Å². The molecule has 8 nitrogen and oxygen atoms in total. The molecule has 0 saturated heterocycles. The number of aromatic amines is 2. The van der Waals surface area contributed by atoms with Crippen molar-refractivity contribution in [3.8, 4) is 11.4 Å². The zero-order valence-electron chi connectivity index (χ0n) is 20.7. The highest BCUT2D eigenvalue weighted by molar-refractivity contribution is 5.89. The van der Waals surface area contributed by atoms with Crippen molar-refractivity contribution in [3.05, 3.63) is 80.8 Å². The zero-order valence-corrected chi connectivity index (χ0v) is 20.7. The summed E-state index contributed by atoms with van der Waals surface area (Å²) < 4.78 is 55.1. The molecule has 4 aromatic rings. The van der Waals surface area contributed by atoms with Crippen LogP contribution in [-0.4, -0.2) is 59.9 Å². The first-order valence-corrected chi connectivity index (χ1v) is 11.8. The number of benzene rings is 2. The minimum atomic E-state index is -1.49. The molecule has 0 bridgehead atoms. The second-order valence-corrected chi connectivity index (χ2v) is 8.97. The maximum atomic E-state index is 14.0. The first-order chi connectivity index (χ1) is 18.2. The van der Waals surface area contributed by atoms with Gasteiger partial charge in [0.25, 0.3) is 5.56 Å². The van der Waals surface area contributed by atoms with Gasteiger partial charge in [0, 0.05) is 49.6 Å². The summed E-state index contributed by atoms with van der Waals surface area (Å²) in [6.45, 7) is 1.87. The van der Waals surface area contributed by atoms with Gasteiger partial charge in [-0.15, -0.1) is 0 Å². The van der Waals surface area contributed by atoms with E-state index < -0.39 is 34.4 Å². The minimum absolute atomic E-state index is 0.119. The Labute approximate surface area is 215 Å². The van der Waals surface area contributed by atoms with E-state index in [1.807, 2.05) is 19.0 Å². The second kappa shape index (κ2) is 11.6. The highest BCUT2D eigenvalue weighted by Gasteiger charge is 2.20. The number of pyridine rings is 1. The fourth-order valence-corrected chi connectivity index (χ4v) is 4.05. The molecule has 0 saturated carbocycles. The Hall–Kier alpha value is -4.03. The van der Waals surface area contributed by atoms with Gasteiger partial charge in [-0.05, 0) is 44.3 Å². The van der Waals surface area contributed by atoms with E-state index in [0.717, 1.165) is 24.9 Å². The molecule has 0 aliphatic rings. The minimum Gasteiger partial charge on any atom is -0.384 e. The van der Waals surface area contributed by atoms with Crippen molar-refractivity contribution in [2.75, 3.05) is 39.0 Å². The summed E-state index contributed by atoms with van der Waals surface area (Å²) in [6.07, 6.45) is 1.74. The van der Waals surface area contributed by atoms with Gasteiger partial charge >= 0.3 is 0 Å². The molecule has 0 atom stereocenters. The Bertz CT molecular complexity index is 1510. The largest absolute Gasteiger partial charge is 0.384 e. The van der Waals surface area contributed by atoms with E-state index >= 15 is 0 Å². The third-order valence-electron chi connectivity index (χ3n) is 6.01. The molecular formula is C26H26F4N6O2. The fraction of sp³-hybridized carbons (Fsp3) is 0.269. The number of nitrogens with zero attached hydrogens (tertiary/aromatic N) is 2. The number of halogens is 4. The van der Waals surface area contributed by atoms with Crippen molar-refractivity contribution >= 4 is 23.0 Å². The van der Waals surface area contributed by atoms with Crippen LogP contribution in [0, 0.1) is 23.3 Å². The Kier molecular flexibility index (Phi) is 8.23. The van der Waals surface area contributed by atoms with E-state index in [1.54, 1.807) is 12.1 Å². The van der Waals surface area contributed by atoms with Crippen molar-refractivity contribution in [3.63, 3.8) is 0 Å². The molecule has 2 aromatic heterocycles. The lowest BCUT2D eigenvalue weighted by atomic mass is 10.1. The fourth-order valence-electron chi connectivity index (χ4n) is 4.05. The van der Waals surface area contributed by atoms with Gasteiger partial charge in [0.15, 0.2) is 23.3 Å². The summed E-state index contributed by atoms with van der Waals surface area (Å²) in [5.74, 6) is -5.70. The quantitative estimate of drug-likeness (QED) is 0.102. The number of imidazole rings is 1. The van der Waals surface area contributed by atoms with Crippen LogP contribution in [0.3, 0.4) is 0 Å². The summed E-state index contributed by atoms with van der Waals surface area (Å²) in [5, 5.41) is 6.17. The molecule has 200 valence electrons. The molecule has 0 radical (unpaired) electrons. The number of nitrogens with one attached hydrogen (secondary N) is 4. The molecule has 0 unspecified atom stereocenters.